The number of thiol groups is 1. The molecule has 0 fully saturated rings. The van der Waals surface area contributed by atoms with Crippen LogP contribution >= 0.6 is 0 Å². The van der Waals surface area contributed by atoms with Gasteiger partial charge in [0.25, 0.3) is 0 Å². The highest BCUT2D eigenvalue weighted by Crippen LogP contribution is 1.50. The molecule has 3 nitrogen and oxygen atoms in total. The lowest BCUT2D eigenvalue weighted by molar-refractivity contribution is 0.533. The summed E-state index contributed by atoms with van der Waals surface area (Å²) in [7, 11) is -2.26. The van der Waals surface area contributed by atoms with Crippen molar-refractivity contribution in [1.82, 2.24) is 0 Å². The van der Waals surface area contributed by atoms with Gasteiger partial charge in [-0.05, 0) is 0 Å². The minimum absolute atomic E-state index is 0.277. The van der Waals surface area contributed by atoms with E-state index < -0.39 is 11.0 Å². The van der Waals surface area contributed by atoms with E-state index in [0.29, 0.717) is 0 Å². The van der Waals surface area contributed by atoms with E-state index in [1.807, 2.05) is 0 Å². The maximum Gasteiger partial charge on any atom is 0.246 e. The molecule has 5 heteroatoms. The second-order valence-corrected chi connectivity index (χ2v) is 2.31. The summed E-state index contributed by atoms with van der Waals surface area (Å²) < 4.78 is 22.3. The third kappa shape index (κ3) is 4.13. The fourth-order valence-corrected chi connectivity index (χ4v) is 0. The molecule has 0 aromatic rings. The first-order chi connectivity index (χ1) is 2.27. The van der Waals surface area contributed by atoms with E-state index in [1.54, 1.807) is 0 Å². The average Bonchev–Trinajstić information content (AvgIpc) is 1.38. The van der Waals surface area contributed by atoms with Crippen LogP contribution in [0.25, 0.3) is 0 Å². The molecule has 0 aromatic heterocycles. The zero-order valence-electron chi connectivity index (χ0n) is 2.67. The Kier molecular flexibility index (Phi) is 2.43. The maximum absolute atomic E-state index is 9.22. The fourth-order valence-electron chi connectivity index (χ4n) is 0. The summed E-state index contributed by atoms with van der Waals surface area (Å²) in [6.07, 6.45) is 0. The maximum atomic E-state index is 9.22. The van der Waals surface area contributed by atoms with Gasteiger partial charge in [0.1, 0.15) is 0 Å². The quantitative estimate of drug-likeness (QED) is 0.309. The Morgan fingerprint density at radius 1 is 1.60 bits per heavy atom. The predicted molar refractivity (Wildman–Crippen MR) is 21.3 cm³/mol. The van der Waals surface area contributed by atoms with Gasteiger partial charge in [-0.15, -0.1) is 0 Å². The first-order valence-corrected chi connectivity index (χ1v) is 2.87. The Hall–Kier alpha value is 0.127. The predicted octanol–water partition coefficient (Wildman–Crippen LogP) is -2.19. The molecule has 0 amide bonds. The third-order valence-electron chi connectivity index (χ3n) is 0.149. The highest BCUT2D eigenvalue weighted by Gasteiger charge is 1.61. The molecule has 0 radical (unpaired) electrons. The van der Waals surface area contributed by atoms with Crippen LogP contribution in [0.1, 0.15) is 0 Å². The summed E-state index contributed by atoms with van der Waals surface area (Å²) in [4.78, 5) is 0. The van der Waals surface area contributed by atoms with Gasteiger partial charge in [0.05, 0.1) is 0 Å². The Morgan fingerprint density at radius 2 is 1.80 bits per heavy atom. The van der Waals surface area contributed by atoms with Crippen molar-refractivity contribution < 1.29 is 12.3 Å². The van der Waals surface area contributed by atoms with Gasteiger partial charge in [-0.3, -0.25) is 0 Å². The van der Waals surface area contributed by atoms with Crippen LogP contribution in [0.15, 0.2) is 0 Å². The molecular weight excluding hydrogens is 108 g/mol. The SMILES string of the molecule is O=[SH](=O)O[SiH3]. The molecule has 0 saturated carbocycles. The zero-order chi connectivity index (χ0) is 4.28. The van der Waals surface area contributed by atoms with Gasteiger partial charge in [-0.25, -0.2) is 8.42 Å². The van der Waals surface area contributed by atoms with E-state index in [2.05, 4.69) is 3.87 Å². The van der Waals surface area contributed by atoms with Gasteiger partial charge in [0, 0.05) is 0 Å². The average molecular weight is 112 g/mol. The van der Waals surface area contributed by atoms with Crippen molar-refractivity contribution in [2.75, 3.05) is 0 Å². The Bertz CT molecular complexity index is 65.0. The number of rotatable bonds is 1. The molecule has 0 heterocycles. The van der Waals surface area contributed by atoms with Crippen LogP contribution in [0.5, 0.6) is 0 Å². The Morgan fingerprint density at radius 3 is 1.80 bits per heavy atom. The highest BCUT2D eigenvalue weighted by molar-refractivity contribution is 7.68. The minimum atomic E-state index is -2.54. The van der Waals surface area contributed by atoms with Crippen LogP contribution in [-0.2, 0) is 14.9 Å². The Labute approximate surface area is 34.6 Å². The van der Waals surface area contributed by atoms with E-state index in [9.17, 15) is 8.42 Å². The second-order valence-electron chi connectivity index (χ2n) is 0.406. The molecule has 0 atom stereocenters. The van der Waals surface area contributed by atoms with E-state index in [0.717, 1.165) is 0 Å². The molecule has 0 aromatic carbocycles. The molecule has 32 valence electrons. The summed E-state index contributed by atoms with van der Waals surface area (Å²) in [6, 6.07) is 0. The standard InChI is InChI=1S/H4O3SSi/c1-4(2)3-5/h4H,5H3. The lowest BCUT2D eigenvalue weighted by Crippen LogP contribution is -1.75. The van der Waals surface area contributed by atoms with Crippen LogP contribution in [0.3, 0.4) is 0 Å². The molecule has 0 aliphatic rings. The van der Waals surface area contributed by atoms with Crippen molar-refractivity contribution in [2.24, 2.45) is 0 Å². The first-order valence-electron chi connectivity index (χ1n) is 0.956. The molecule has 0 aliphatic carbocycles. The smallest absolute Gasteiger partial charge is 0.246 e. The van der Waals surface area contributed by atoms with E-state index in [4.69, 9.17) is 0 Å². The number of hydrogen-bond acceptors (Lipinski definition) is 3. The van der Waals surface area contributed by atoms with Crippen LogP contribution < -0.4 is 0 Å². The minimum Gasteiger partial charge on any atom is -0.329 e. The lowest BCUT2D eigenvalue weighted by atomic mass is 15.8. The summed E-state index contributed by atoms with van der Waals surface area (Å²) >= 11 is 0. The van der Waals surface area contributed by atoms with Gasteiger partial charge >= 0.3 is 0 Å². The van der Waals surface area contributed by atoms with Gasteiger partial charge in [-0.2, -0.15) is 0 Å². The van der Waals surface area contributed by atoms with E-state index in [-0.39, 0.29) is 10.5 Å². The Balaban J connectivity index is 3.23. The topological polar surface area (TPSA) is 43.4 Å². The molecule has 0 unspecified atom stereocenters. The molecule has 5 heavy (non-hydrogen) atoms. The molecule has 0 N–H and O–H groups in total. The fraction of sp³-hybridized carbons (Fsp3) is 0. The molecule has 0 bridgehead atoms. The van der Waals surface area contributed by atoms with Crippen LogP contribution in [0.4, 0.5) is 0 Å². The van der Waals surface area contributed by atoms with Crippen molar-refractivity contribution in [3.8, 4) is 0 Å². The molecule has 0 saturated heterocycles. The van der Waals surface area contributed by atoms with Crippen molar-refractivity contribution >= 4 is 21.5 Å². The van der Waals surface area contributed by atoms with Gasteiger partial charge in [0.2, 0.25) is 11.0 Å². The van der Waals surface area contributed by atoms with Crippen LogP contribution in [0.2, 0.25) is 0 Å². The van der Waals surface area contributed by atoms with Crippen molar-refractivity contribution in [2.45, 2.75) is 0 Å². The lowest BCUT2D eigenvalue weighted by Gasteiger charge is -1.67. The summed E-state index contributed by atoms with van der Waals surface area (Å²) in [6.45, 7) is 0. The molecular formula is H4O3SSi. The summed E-state index contributed by atoms with van der Waals surface area (Å²) in [5.74, 6) is 0. The second kappa shape index (κ2) is 2.37. The third-order valence-corrected chi connectivity index (χ3v) is 1.34. The van der Waals surface area contributed by atoms with Gasteiger partial charge in [-0.1, -0.05) is 0 Å². The van der Waals surface area contributed by atoms with Gasteiger partial charge in [0.15, 0.2) is 10.5 Å². The van der Waals surface area contributed by atoms with Crippen LogP contribution in [0, 0.1) is 0 Å². The first kappa shape index (κ1) is 5.13. The molecule has 0 spiro atoms. The van der Waals surface area contributed by atoms with Crippen molar-refractivity contribution in [1.29, 1.82) is 0 Å². The van der Waals surface area contributed by atoms with Crippen LogP contribution in [-0.4, -0.2) is 18.9 Å². The van der Waals surface area contributed by atoms with E-state index >= 15 is 0 Å². The normalized spacial score (nSPS) is 9.80. The van der Waals surface area contributed by atoms with Crippen molar-refractivity contribution in [3.63, 3.8) is 0 Å². The molecule has 0 aliphatic heterocycles. The summed E-state index contributed by atoms with van der Waals surface area (Å²) in [5.41, 5.74) is 0. The van der Waals surface area contributed by atoms with Crippen molar-refractivity contribution in [3.05, 3.63) is 0 Å². The molecule has 0 rings (SSSR count). The zero-order valence-corrected chi connectivity index (χ0v) is 5.57. The monoisotopic (exact) mass is 112 g/mol. The number of hydrogen-bond donors (Lipinski definition) is 1. The largest absolute Gasteiger partial charge is 0.329 e. The van der Waals surface area contributed by atoms with E-state index in [1.165, 1.54) is 0 Å². The van der Waals surface area contributed by atoms with Gasteiger partial charge < -0.3 is 3.87 Å². The summed E-state index contributed by atoms with van der Waals surface area (Å²) in [5, 5.41) is 0. The highest BCUT2D eigenvalue weighted by atomic mass is 32.2.